The summed E-state index contributed by atoms with van der Waals surface area (Å²) in [6.45, 7) is 10.4. The van der Waals surface area contributed by atoms with E-state index >= 15 is 0 Å². The number of fused-ring (bicyclic) bond motifs is 1. The second-order valence-electron chi connectivity index (χ2n) is 7.39. The lowest BCUT2D eigenvalue weighted by molar-refractivity contribution is 0.0477. The molecule has 24 heavy (non-hydrogen) atoms. The van der Waals surface area contributed by atoms with E-state index in [1.54, 1.807) is 4.68 Å². The summed E-state index contributed by atoms with van der Waals surface area (Å²) in [7, 11) is 0. The molecule has 0 fully saturated rings. The average Bonchev–Trinajstić information content (AvgIpc) is 2.97. The van der Waals surface area contributed by atoms with Gasteiger partial charge in [0, 0.05) is 12.6 Å². The van der Waals surface area contributed by atoms with Gasteiger partial charge in [-0.05, 0) is 30.5 Å². The molecule has 5 nitrogen and oxygen atoms in total. The first-order chi connectivity index (χ1) is 11.4. The van der Waals surface area contributed by atoms with Crippen LogP contribution in [0.4, 0.5) is 0 Å². The highest BCUT2D eigenvalue weighted by Crippen LogP contribution is 2.27. The number of amides is 1. The van der Waals surface area contributed by atoms with Crippen LogP contribution in [0.3, 0.4) is 0 Å². The lowest BCUT2D eigenvalue weighted by atomic mass is 9.86. The molecule has 1 aromatic heterocycles. The van der Waals surface area contributed by atoms with Crippen LogP contribution in [-0.4, -0.2) is 33.2 Å². The number of nitrogens with zero attached hydrogens (tertiary/aromatic N) is 3. The Bertz CT molecular complexity index is 716. The van der Waals surface area contributed by atoms with Gasteiger partial charge in [-0.3, -0.25) is 9.48 Å². The number of benzene rings is 1. The minimum absolute atomic E-state index is 0.0527. The van der Waals surface area contributed by atoms with Crippen LogP contribution in [-0.2, 0) is 13.2 Å². The third kappa shape index (κ3) is 3.30. The molecule has 0 saturated heterocycles. The lowest BCUT2D eigenvalue weighted by Crippen LogP contribution is -2.50. The Kier molecular flexibility index (Phi) is 4.35. The van der Waals surface area contributed by atoms with Crippen molar-refractivity contribution in [1.29, 1.82) is 0 Å². The number of hydrogen-bond donors (Lipinski definition) is 0. The monoisotopic (exact) mass is 327 g/mol. The number of carbonyl (C=O) groups is 1. The normalized spacial score (nSPS) is 16.0. The van der Waals surface area contributed by atoms with Crippen molar-refractivity contribution in [3.05, 3.63) is 47.8 Å². The SMILES string of the molecule is C[C@H](N1CCn2nc(COc3ccccc3)cc2C1=O)C(C)(C)C. The van der Waals surface area contributed by atoms with E-state index in [9.17, 15) is 4.79 Å². The van der Waals surface area contributed by atoms with Crippen LogP contribution in [0.2, 0.25) is 0 Å². The summed E-state index contributed by atoms with van der Waals surface area (Å²) in [6, 6.07) is 11.7. The van der Waals surface area contributed by atoms with Gasteiger partial charge in [0.1, 0.15) is 23.7 Å². The van der Waals surface area contributed by atoms with Crippen LogP contribution in [0.1, 0.15) is 43.9 Å². The molecule has 2 heterocycles. The zero-order chi connectivity index (χ0) is 17.3. The first-order valence-electron chi connectivity index (χ1n) is 8.42. The number of para-hydroxylation sites is 1. The zero-order valence-corrected chi connectivity index (χ0v) is 14.8. The van der Waals surface area contributed by atoms with Crippen molar-refractivity contribution in [2.75, 3.05) is 6.54 Å². The van der Waals surface area contributed by atoms with E-state index in [4.69, 9.17) is 4.74 Å². The molecule has 1 aliphatic heterocycles. The van der Waals surface area contributed by atoms with E-state index in [1.807, 2.05) is 41.3 Å². The first-order valence-corrected chi connectivity index (χ1v) is 8.42. The minimum atomic E-state index is 0.0527. The number of aromatic nitrogens is 2. The van der Waals surface area contributed by atoms with Crippen LogP contribution in [0, 0.1) is 5.41 Å². The number of hydrogen-bond acceptors (Lipinski definition) is 3. The summed E-state index contributed by atoms with van der Waals surface area (Å²) >= 11 is 0. The number of rotatable bonds is 4. The molecule has 1 amide bonds. The molecule has 0 saturated carbocycles. The predicted molar refractivity (Wildman–Crippen MR) is 93.0 cm³/mol. The molecule has 0 spiro atoms. The molecule has 0 unspecified atom stereocenters. The summed E-state index contributed by atoms with van der Waals surface area (Å²) in [5, 5.41) is 4.52. The largest absolute Gasteiger partial charge is 0.487 e. The van der Waals surface area contributed by atoms with Crippen molar-refractivity contribution >= 4 is 5.91 Å². The maximum atomic E-state index is 12.8. The molecule has 0 radical (unpaired) electrons. The average molecular weight is 327 g/mol. The van der Waals surface area contributed by atoms with Gasteiger partial charge in [-0.15, -0.1) is 0 Å². The first kappa shape index (κ1) is 16.6. The lowest BCUT2D eigenvalue weighted by Gasteiger charge is -2.39. The van der Waals surface area contributed by atoms with Crippen molar-refractivity contribution < 1.29 is 9.53 Å². The fourth-order valence-electron chi connectivity index (χ4n) is 2.85. The van der Waals surface area contributed by atoms with Gasteiger partial charge in [0.2, 0.25) is 0 Å². The van der Waals surface area contributed by atoms with Gasteiger partial charge in [-0.2, -0.15) is 5.10 Å². The molecule has 2 aromatic rings. The molecule has 128 valence electrons. The molecule has 0 N–H and O–H groups in total. The van der Waals surface area contributed by atoms with E-state index in [-0.39, 0.29) is 17.4 Å². The summed E-state index contributed by atoms with van der Waals surface area (Å²) in [4.78, 5) is 14.8. The second-order valence-corrected chi connectivity index (χ2v) is 7.39. The maximum Gasteiger partial charge on any atom is 0.272 e. The van der Waals surface area contributed by atoms with Crippen molar-refractivity contribution in [3.8, 4) is 5.75 Å². The Morgan fingerprint density at radius 2 is 1.92 bits per heavy atom. The van der Waals surface area contributed by atoms with E-state index in [0.29, 0.717) is 18.8 Å². The van der Waals surface area contributed by atoms with Gasteiger partial charge in [-0.25, -0.2) is 0 Å². The Balaban J connectivity index is 1.73. The molecule has 0 aliphatic carbocycles. The highest BCUT2D eigenvalue weighted by atomic mass is 16.5. The molecule has 0 bridgehead atoms. The smallest absolute Gasteiger partial charge is 0.272 e. The highest BCUT2D eigenvalue weighted by Gasteiger charge is 2.34. The molecule has 5 heteroatoms. The van der Waals surface area contributed by atoms with Crippen molar-refractivity contribution in [3.63, 3.8) is 0 Å². The zero-order valence-electron chi connectivity index (χ0n) is 14.8. The Hall–Kier alpha value is -2.30. The molecule has 1 aliphatic rings. The van der Waals surface area contributed by atoms with E-state index in [1.165, 1.54) is 0 Å². The van der Waals surface area contributed by atoms with Crippen LogP contribution in [0.5, 0.6) is 5.75 Å². The van der Waals surface area contributed by atoms with Crippen LogP contribution in [0.15, 0.2) is 36.4 Å². The van der Waals surface area contributed by atoms with Gasteiger partial charge in [0.25, 0.3) is 5.91 Å². The van der Waals surface area contributed by atoms with Gasteiger partial charge in [0.15, 0.2) is 0 Å². The quantitative estimate of drug-likeness (QED) is 0.865. The van der Waals surface area contributed by atoms with E-state index < -0.39 is 0 Å². The number of ether oxygens (including phenoxy) is 1. The van der Waals surface area contributed by atoms with Gasteiger partial charge >= 0.3 is 0 Å². The summed E-state index contributed by atoms with van der Waals surface area (Å²) in [6.07, 6.45) is 0. The Morgan fingerprint density at radius 1 is 1.21 bits per heavy atom. The van der Waals surface area contributed by atoms with Gasteiger partial charge in [-0.1, -0.05) is 39.0 Å². The van der Waals surface area contributed by atoms with Crippen LogP contribution >= 0.6 is 0 Å². The van der Waals surface area contributed by atoms with Gasteiger partial charge in [0.05, 0.1) is 6.54 Å². The third-order valence-corrected chi connectivity index (χ3v) is 4.71. The fraction of sp³-hybridized carbons (Fsp3) is 0.474. The molecule has 3 rings (SSSR count). The minimum Gasteiger partial charge on any atom is -0.487 e. The topological polar surface area (TPSA) is 47.4 Å². The van der Waals surface area contributed by atoms with Crippen LogP contribution < -0.4 is 4.74 Å². The third-order valence-electron chi connectivity index (χ3n) is 4.71. The van der Waals surface area contributed by atoms with E-state index in [0.717, 1.165) is 18.0 Å². The summed E-state index contributed by atoms with van der Waals surface area (Å²) in [5.41, 5.74) is 1.49. The maximum absolute atomic E-state index is 12.8. The highest BCUT2D eigenvalue weighted by molar-refractivity contribution is 5.93. The summed E-state index contributed by atoms with van der Waals surface area (Å²) < 4.78 is 7.54. The molecular formula is C19H25N3O2. The Morgan fingerprint density at radius 3 is 2.58 bits per heavy atom. The number of carbonyl (C=O) groups excluding carboxylic acids is 1. The molecule has 1 atom stereocenters. The van der Waals surface area contributed by atoms with Gasteiger partial charge < -0.3 is 9.64 Å². The van der Waals surface area contributed by atoms with Crippen molar-refractivity contribution in [2.45, 2.75) is 46.9 Å². The predicted octanol–water partition coefficient (Wildman–Crippen LogP) is 3.35. The summed E-state index contributed by atoms with van der Waals surface area (Å²) in [5.74, 6) is 0.861. The van der Waals surface area contributed by atoms with Crippen molar-refractivity contribution in [2.24, 2.45) is 5.41 Å². The van der Waals surface area contributed by atoms with Crippen molar-refractivity contribution in [1.82, 2.24) is 14.7 Å². The van der Waals surface area contributed by atoms with Crippen LogP contribution in [0.25, 0.3) is 0 Å². The Labute approximate surface area is 143 Å². The second kappa shape index (κ2) is 6.30. The standard InChI is InChI=1S/C19H25N3O2/c1-14(19(2,3)4)21-10-11-22-17(18(21)23)12-15(20-22)13-24-16-8-6-5-7-9-16/h5-9,12,14H,10-11,13H2,1-4H3/t14-/m0/s1. The van der Waals surface area contributed by atoms with E-state index in [2.05, 4.69) is 32.8 Å². The molecular weight excluding hydrogens is 302 g/mol. The fourth-order valence-corrected chi connectivity index (χ4v) is 2.85. The molecule has 1 aromatic carbocycles.